The summed E-state index contributed by atoms with van der Waals surface area (Å²) in [4.78, 5) is 12.2. The molecular weight excluding hydrogens is 144 g/mol. The number of nitrogens with zero attached hydrogens (tertiary/aromatic N) is 1. The molecule has 2 rings (SSSR count). The molecule has 1 spiro atoms. The Morgan fingerprint density at radius 3 is 2.55 bits per heavy atom. The highest BCUT2D eigenvalue weighted by Gasteiger charge is 2.47. The SMILES string of the molecule is O=C(O)CN1CC2(CNC2)C1. The zero-order chi connectivity index (χ0) is 7.90. The lowest BCUT2D eigenvalue weighted by molar-refractivity contribution is -0.143. The van der Waals surface area contributed by atoms with Crippen LogP contribution in [0.3, 0.4) is 0 Å². The van der Waals surface area contributed by atoms with Crippen molar-refractivity contribution in [1.29, 1.82) is 0 Å². The second-order valence-electron chi connectivity index (χ2n) is 3.64. The third kappa shape index (κ3) is 1.12. The highest BCUT2D eigenvalue weighted by Crippen LogP contribution is 2.33. The average Bonchev–Trinajstić information content (AvgIpc) is 1.71. The van der Waals surface area contributed by atoms with Crippen molar-refractivity contribution in [2.75, 3.05) is 32.7 Å². The van der Waals surface area contributed by atoms with Crippen LogP contribution in [0.25, 0.3) is 0 Å². The first-order valence-corrected chi connectivity index (χ1v) is 3.85. The van der Waals surface area contributed by atoms with E-state index in [0.717, 1.165) is 26.2 Å². The maximum atomic E-state index is 10.3. The van der Waals surface area contributed by atoms with Gasteiger partial charge in [-0.05, 0) is 0 Å². The molecule has 2 fully saturated rings. The van der Waals surface area contributed by atoms with E-state index in [4.69, 9.17) is 5.11 Å². The van der Waals surface area contributed by atoms with Crippen LogP contribution < -0.4 is 5.32 Å². The van der Waals surface area contributed by atoms with Gasteiger partial charge in [-0.25, -0.2) is 0 Å². The minimum absolute atomic E-state index is 0.210. The Hall–Kier alpha value is -0.610. The maximum absolute atomic E-state index is 10.3. The Morgan fingerprint density at radius 1 is 1.55 bits per heavy atom. The van der Waals surface area contributed by atoms with Gasteiger partial charge in [0.05, 0.1) is 6.54 Å². The number of carboxylic acid groups (broad SMARTS) is 1. The standard InChI is InChI=1S/C7H12N2O2/c10-6(11)1-9-4-7(5-9)2-8-3-7/h8H,1-5H2,(H,10,11). The summed E-state index contributed by atoms with van der Waals surface area (Å²) in [5.74, 6) is -0.716. The second kappa shape index (κ2) is 2.19. The lowest BCUT2D eigenvalue weighted by Gasteiger charge is -2.55. The predicted octanol–water partition coefficient (Wildman–Crippen LogP) is -1.02. The van der Waals surface area contributed by atoms with Crippen molar-refractivity contribution in [3.05, 3.63) is 0 Å². The normalized spacial score (nSPS) is 27.6. The fourth-order valence-electron chi connectivity index (χ4n) is 1.91. The summed E-state index contributed by atoms with van der Waals surface area (Å²) in [5.41, 5.74) is 0.454. The van der Waals surface area contributed by atoms with Crippen molar-refractivity contribution < 1.29 is 9.90 Å². The number of carbonyl (C=O) groups is 1. The molecule has 0 atom stereocenters. The van der Waals surface area contributed by atoms with E-state index in [2.05, 4.69) is 5.32 Å². The lowest BCUT2D eigenvalue weighted by atomic mass is 9.74. The Balaban J connectivity index is 1.75. The van der Waals surface area contributed by atoms with E-state index in [-0.39, 0.29) is 6.54 Å². The van der Waals surface area contributed by atoms with Gasteiger partial charge < -0.3 is 10.4 Å². The first kappa shape index (κ1) is 7.06. The fraction of sp³-hybridized carbons (Fsp3) is 0.857. The van der Waals surface area contributed by atoms with Gasteiger partial charge in [0.2, 0.25) is 0 Å². The molecule has 0 bridgehead atoms. The summed E-state index contributed by atoms with van der Waals surface area (Å²) in [6.45, 7) is 4.28. The van der Waals surface area contributed by atoms with Crippen LogP contribution in [0.2, 0.25) is 0 Å². The summed E-state index contributed by atoms with van der Waals surface area (Å²) >= 11 is 0. The highest BCUT2D eigenvalue weighted by atomic mass is 16.4. The van der Waals surface area contributed by atoms with Gasteiger partial charge in [0.1, 0.15) is 0 Å². The largest absolute Gasteiger partial charge is 0.480 e. The van der Waals surface area contributed by atoms with E-state index in [0.29, 0.717) is 5.41 Å². The Kier molecular flexibility index (Phi) is 1.40. The van der Waals surface area contributed by atoms with Gasteiger partial charge in [-0.1, -0.05) is 0 Å². The van der Waals surface area contributed by atoms with Gasteiger partial charge in [0.25, 0.3) is 0 Å². The lowest BCUT2D eigenvalue weighted by Crippen LogP contribution is -2.71. The second-order valence-corrected chi connectivity index (χ2v) is 3.64. The summed E-state index contributed by atoms with van der Waals surface area (Å²) in [5, 5.41) is 11.7. The molecule has 0 aromatic rings. The number of aliphatic carboxylic acids is 1. The van der Waals surface area contributed by atoms with Crippen molar-refractivity contribution in [2.45, 2.75) is 0 Å². The van der Waals surface area contributed by atoms with Crippen LogP contribution in [-0.4, -0.2) is 48.7 Å². The van der Waals surface area contributed by atoms with E-state index < -0.39 is 5.97 Å². The maximum Gasteiger partial charge on any atom is 0.317 e. The van der Waals surface area contributed by atoms with Crippen LogP contribution >= 0.6 is 0 Å². The molecule has 4 nitrogen and oxygen atoms in total. The third-order valence-electron chi connectivity index (χ3n) is 2.48. The number of rotatable bonds is 2. The van der Waals surface area contributed by atoms with Gasteiger partial charge in [-0.3, -0.25) is 9.69 Å². The Labute approximate surface area is 65.2 Å². The van der Waals surface area contributed by atoms with Gasteiger partial charge >= 0.3 is 5.97 Å². The molecule has 4 heteroatoms. The summed E-state index contributed by atoms with van der Waals surface area (Å²) in [7, 11) is 0. The van der Waals surface area contributed by atoms with Gasteiger partial charge in [0.15, 0.2) is 0 Å². The topological polar surface area (TPSA) is 52.6 Å². The molecule has 0 aromatic carbocycles. The molecule has 2 heterocycles. The van der Waals surface area contributed by atoms with Crippen LogP contribution in [0.15, 0.2) is 0 Å². The number of likely N-dealkylation sites (tertiary alicyclic amines) is 1. The third-order valence-corrected chi connectivity index (χ3v) is 2.48. The highest BCUT2D eigenvalue weighted by molar-refractivity contribution is 5.69. The van der Waals surface area contributed by atoms with Crippen molar-refractivity contribution in [1.82, 2.24) is 10.2 Å². The van der Waals surface area contributed by atoms with Crippen molar-refractivity contribution in [2.24, 2.45) is 5.41 Å². The van der Waals surface area contributed by atoms with Crippen LogP contribution in [-0.2, 0) is 4.79 Å². The van der Waals surface area contributed by atoms with Crippen LogP contribution in [0.4, 0.5) is 0 Å². The van der Waals surface area contributed by atoms with E-state index in [1.165, 1.54) is 0 Å². The van der Waals surface area contributed by atoms with E-state index in [1.807, 2.05) is 4.90 Å². The number of hydrogen-bond donors (Lipinski definition) is 2. The average molecular weight is 156 g/mol. The van der Waals surface area contributed by atoms with E-state index in [9.17, 15) is 4.79 Å². The number of carboxylic acids is 1. The monoisotopic (exact) mass is 156 g/mol. The number of hydrogen-bond acceptors (Lipinski definition) is 3. The minimum Gasteiger partial charge on any atom is -0.480 e. The molecule has 2 aliphatic rings. The van der Waals surface area contributed by atoms with Crippen molar-refractivity contribution in [3.8, 4) is 0 Å². The molecule has 2 aliphatic heterocycles. The number of nitrogens with one attached hydrogen (secondary N) is 1. The minimum atomic E-state index is -0.716. The van der Waals surface area contributed by atoms with Gasteiger partial charge in [0, 0.05) is 31.6 Å². The first-order valence-electron chi connectivity index (χ1n) is 3.85. The zero-order valence-corrected chi connectivity index (χ0v) is 6.34. The molecule has 0 radical (unpaired) electrons. The van der Waals surface area contributed by atoms with Crippen LogP contribution in [0.1, 0.15) is 0 Å². The molecule has 0 aromatic heterocycles. The van der Waals surface area contributed by atoms with Crippen LogP contribution in [0, 0.1) is 5.41 Å². The van der Waals surface area contributed by atoms with Crippen molar-refractivity contribution >= 4 is 5.97 Å². The molecular formula is C7H12N2O2. The molecule has 0 amide bonds. The van der Waals surface area contributed by atoms with Gasteiger partial charge in [-0.2, -0.15) is 0 Å². The summed E-state index contributed by atoms with van der Waals surface area (Å²) < 4.78 is 0. The predicted molar refractivity (Wildman–Crippen MR) is 39.4 cm³/mol. The molecule has 62 valence electrons. The Bertz CT molecular complexity index is 181. The van der Waals surface area contributed by atoms with Crippen molar-refractivity contribution in [3.63, 3.8) is 0 Å². The smallest absolute Gasteiger partial charge is 0.317 e. The molecule has 2 N–H and O–H groups in total. The molecule has 0 unspecified atom stereocenters. The summed E-state index contributed by atoms with van der Waals surface area (Å²) in [6.07, 6.45) is 0. The first-order chi connectivity index (χ1) is 5.20. The Morgan fingerprint density at radius 2 is 2.18 bits per heavy atom. The molecule has 2 saturated heterocycles. The van der Waals surface area contributed by atoms with E-state index >= 15 is 0 Å². The zero-order valence-electron chi connectivity index (χ0n) is 6.34. The molecule has 11 heavy (non-hydrogen) atoms. The molecule has 0 aliphatic carbocycles. The fourth-order valence-corrected chi connectivity index (χ4v) is 1.91. The van der Waals surface area contributed by atoms with Crippen LogP contribution in [0.5, 0.6) is 0 Å². The van der Waals surface area contributed by atoms with Gasteiger partial charge in [-0.15, -0.1) is 0 Å². The molecule has 0 saturated carbocycles. The summed E-state index contributed by atoms with van der Waals surface area (Å²) in [6, 6.07) is 0. The quantitative estimate of drug-likeness (QED) is 0.537. The van der Waals surface area contributed by atoms with E-state index in [1.54, 1.807) is 0 Å².